The molecule has 0 saturated heterocycles. The van der Waals surface area contributed by atoms with E-state index in [9.17, 15) is 5.11 Å². The first kappa shape index (κ1) is 14.0. The molecule has 102 valence electrons. The van der Waals surface area contributed by atoms with E-state index in [2.05, 4.69) is 26.0 Å². The normalized spacial score (nSPS) is 12.7. The third-order valence-electron chi connectivity index (χ3n) is 2.77. The van der Waals surface area contributed by atoms with Crippen molar-refractivity contribution in [1.29, 1.82) is 0 Å². The predicted octanol–water partition coefficient (Wildman–Crippen LogP) is 2.71. The first-order valence-electron chi connectivity index (χ1n) is 5.96. The molecule has 2 aromatic rings. The molecule has 0 radical (unpaired) electrons. The van der Waals surface area contributed by atoms with Gasteiger partial charge in [0.05, 0.1) is 29.2 Å². The molecule has 19 heavy (non-hydrogen) atoms. The van der Waals surface area contributed by atoms with E-state index in [0.29, 0.717) is 17.3 Å². The molecule has 0 fully saturated rings. The first-order valence-corrected chi connectivity index (χ1v) is 6.75. The van der Waals surface area contributed by atoms with Crippen molar-refractivity contribution in [2.75, 3.05) is 7.11 Å². The number of hydrogen-bond acceptors (Lipinski definition) is 4. The third kappa shape index (κ3) is 2.79. The van der Waals surface area contributed by atoms with Crippen LogP contribution in [0, 0.1) is 0 Å². The van der Waals surface area contributed by atoms with E-state index >= 15 is 0 Å². The average Bonchev–Trinajstić information content (AvgIpc) is 2.80. The molecule has 1 atom stereocenters. The van der Waals surface area contributed by atoms with Gasteiger partial charge < -0.3 is 9.84 Å². The van der Waals surface area contributed by atoms with E-state index in [1.807, 2.05) is 13.8 Å². The van der Waals surface area contributed by atoms with Crippen molar-refractivity contribution >= 4 is 15.9 Å². The summed E-state index contributed by atoms with van der Waals surface area (Å²) in [6.45, 7) is 4.02. The molecule has 0 bridgehead atoms. The summed E-state index contributed by atoms with van der Waals surface area (Å²) in [5.41, 5.74) is 1.22. The highest BCUT2D eigenvalue weighted by Crippen LogP contribution is 2.30. The van der Waals surface area contributed by atoms with Crippen LogP contribution >= 0.6 is 15.9 Å². The van der Waals surface area contributed by atoms with Gasteiger partial charge in [0, 0.05) is 12.1 Å². The molecule has 0 amide bonds. The number of aliphatic hydroxyl groups excluding tert-OH is 1. The maximum Gasteiger partial charge on any atom is 0.213 e. The highest BCUT2D eigenvalue weighted by molar-refractivity contribution is 9.10. The fraction of sp³-hybridized carbons (Fsp3) is 0.385. The lowest BCUT2D eigenvalue weighted by molar-refractivity contribution is 0.198. The summed E-state index contributed by atoms with van der Waals surface area (Å²) in [4.78, 5) is 4.25. The Bertz CT molecular complexity index is 569. The largest absolute Gasteiger partial charge is 0.481 e. The van der Waals surface area contributed by atoms with Gasteiger partial charge in [0.15, 0.2) is 0 Å². The molecule has 2 rings (SSSR count). The first-order chi connectivity index (χ1) is 9.04. The maximum atomic E-state index is 10.5. The quantitative estimate of drug-likeness (QED) is 0.938. The van der Waals surface area contributed by atoms with Crippen LogP contribution in [0.25, 0.3) is 0 Å². The highest BCUT2D eigenvalue weighted by Gasteiger charge is 2.22. The molecule has 5 nitrogen and oxygen atoms in total. The molecular weight excluding hydrogens is 310 g/mol. The van der Waals surface area contributed by atoms with Crippen molar-refractivity contribution in [2.24, 2.45) is 0 Å². The van der Waals surface area contributed by atoms with Crippen molar-refractivity contribution in [3.8, 4) is 5.88 Å². The zero-order chi connectivity index (χ0) is 14.0. The topological polar surface area (TPSA) is 60.2 Å². The molecule has 0 aliphatic heterocycles. The Balaban J connectivity index is 2.43. The van der Waals surface area contributed by atoms with E-state index in [1.54, 1.807) is 36.2 Å². The molecule has 0 saturated carbocycles. The number of ether oxygens (including phenoxy) is 1. The van der Waals surface area contributed by atoms with Gasteiger partial charge in [0.2, 0.25) is 5.88 Å². The molecule has 0 aliphatic rings. The number of methoxy groups -OCH3 is 1. The van der Waals surface area contributed by atoms with Crippen molar-refractivity contribution in [2.45, 2.75) is 26.0 Å². The van der Waals surface area contributed by atoms with Crippen LogP contribution < -0.4 is 4.74 Å². The van der Waals surface area contributed by atoms with Crippen LogP contribution in [0.1, 0.15) is 37.4 Å². The lowest BCUT2D eigenvalue weighted by Gasteiger charge is -2.16. The van der Waals surface area contributed by atoms with Gasteiger partial charge in [0.25, 0.3) is 0 Å². The molecule has 0 spiro atoms. The smallest absolute Gasteiger partial charge is 0.213 e. The standard InChI is InChI=1S/C13H16BrN3O2/c1-8(2)17-12(9(14)7-15-17)13(18)10-5-4-6-11(16-10)19-3/h4-8,13,18H,1-3H3. The van der Waals surface area contributed by atoms with Gasteiger partial charge in [0.1, 0.15) is 6.10 Å². The minimum Gasteiger partial charge on any atom is -0.481 e. The van der Waals surface area contributed by atoms with Gasteiger partial charge in [-0.1, -0.05) is 6.07 Å². The van der Waals surface area contributed by atoms with Gasteiger partial charge in [-0.25, -0.2) is 4.98 Å². The lowest BCUT2D eigenvalue weighted by atomic mass is 10.1. The molecule has 6 heteroatoms. The van der Waals surface area contributed by atoms with Gasteiger partial charge in [-0.2, -0.15) is 5.10 Å². The van der Waals surface area contributed by atoms with Gasteiger partial charge in [-0.3, -0.25) is 4.68 Å². The second kappa shape index (κ2) is 5.71. The highest BCUT2D eigenvalue weighted by atomic mass is 79.9. The molecule has 1 unspecified atom stereocenters. The van der Waals surface area contributed by atoms with E-state index in [-0.39, 0.29) is 6.04 Å². The van der Waals surface area contributed by atoms with Crippen LogP contribution in [0.5, 0.6) is 5.88 Å². The molecule has 2 aromatic heterocycles. The molecular formula is C13H16BrN3O2. The lowest BCUT2D eigenvalue weighted by Crippen LogP contribution is -2.13. The van der Waals surface area contributed by atoms with Crippen molar-refractivity contribution in [1.82, 2.24) is 14.8 Å². The summed E-state index contributed by atoms with van der Waals surface area (Å²) >= 11 is 3.42. The second-order valence-corrected chi connectivity index (χ2v) is 5.28. The SMILES string of the molecule is COc1cccc(C(O)c2c(Br)cnn2C(C)C)n1. The molecule has 1 N–H and O–H groups in total. The number of rotatable bonds is 4. The Morgan fingerprint density at radius 2 is 2.11 bits per heavy atom. The minimum atomic E-state index is -0.852. The van der Waals surface area contributed by atoms with Crippen LogP contribution in [0.15, 0.2) is 28.9 Å². The summed E-state index contributed by atoms with van der Waals surface area (Å²) in [5, 5.41) is 14.8. The van der Waals surface area contributed by atoms with E-state index in [0.717, 1.165) is 4.47 Å². The van der Waals surface area contributed by atoms with E-state index in [1.165, 1.54) is 0 Å². The molecule has 2 heterocycles. The molecule has 0 aromatic carbocycles. The summed E-state index contributed by atoms with van der Waals surface area (Å²) in [7, 11) is 1.55. The zero-order valence-electron chi connectivity index (χ0n) is 11.0. The third-order valence-corrected chi connectivity index (χ3v) is 3.38. The Morgan fingerprint density at radius 3 is 2.74 bits per heavy atom. The number of hydrogen-bond donors (Lipinski definition) is 1. The van der Waals surface area contributed by atoms with Crippen molar-refractivity contribution in [3.05, 3.63) is 40.3 Å². The number of pyridine rings is 1. The predicted molar refractivity (Wildman–Crippen MR) is 75.2 cm³/mol. The van der Waals surface area contributed by atoms with Crippen molar-refractivity contribution in [3.63, 3.8) is 0 Å². The summed E-state index contributed by atoms with van der Waals surface area (Å²) in [6.07, 6.45) is 0.827. The average molecular weight is 326 g/mol. The van der Waals surface area contributed by atoms with Gasteiger partial charge in [-0.05, 0) is 35.8 Å². The second-order valence-electron chi connectivity index (χ2n) is 4.42. The Labute approximate surface area is 120 Å². The summed E-state index contributed by atoms with van der Waals surface area (Å²) < 4.78 is 7.61. The Hall–Kier alpha value is -1.40. The number of aromatic nitrogens is 3. The number of aliphatic hydroxyl groups is 1. The summed E-state index contributed by atoms with van der Waals surface area (Å²) in [6, 6.07) is 5.46. The van der Waals surface area contributed by atoms with Crippen LogP contribution in [-0.4, -0.2) is 27.0 Å². The zero-order valence-corrected chi connectivity index (χ0v) is 12.6. The van der Waals surface area contributed by atoms with Gasteiger partial charge >= 0.3 is 0 Å². The van der Waals surface area contributed by atoms with E-state index in [4.69, 9.17) is 4.74 Å². The van der Waals surface area contributed by atoms with Crippen LogP contribution in [0.2, 0.25) is 0 Å². The molecule has 0 aliphatic carbocycles. The maximum absolute atomic E-state index is 10.5. The van der Waals surface area contributed by atoms with Crippen LogP contribution in [0.3, 0.4) is 0 Å². The Morgan fingerprint density at radius 1 is 1.37 bits per heavy atom. The van der Waals surface area contributed by atoms with E-state index < -0.39 is 6.10 Å². The fourth-order valence-electron chi connectivity index (χ4n) is 1.85. The Kier molecular flexibility index (Phi) is 4.21. The monoisotopic (exact) mass is 325 g/mol. The fourth-order valence-corrected chi connectivity index (χ4v) is 2.34. The van der Waals surface area contributed by atoms with Crippen LogP contribution in [-0.2, 0) is 0 Å². The summed E-state index contributed by atoms with van der Waals surface area (Å²) in [5.74, 6) is 0.475. The minimum absolute atomic E-state index is 0.154. The van der Waals surface area contributed by atoms with Crippen LogP contribution in [0.4, 0.5) is 0 Å². The van der Waals surface area contributed by atoms with Gasteiger partial charge in [-0.15, -0.1) is 0 Å². The number of halogens is 1. The number of nitrogens with zero attached hydrogens (tertiary/aromatic N) is 3. The van der Waals surface area contributed by atoms with Crippen molar-refractivity contribution < 1.29 is 9.84 Å².